The van der Waals surface area contributed by atoms with Crippen molar-refractivity contribution in [3.05, 3.63) is 42.5 Å². The van der Waals surface area contributed by atoms with Gasteiger partial charge in [-0.05, 0) is 11.5 Å². The fourth-order valence-electron chi connectivity index (χ4n) is 2.37. The first-order valence-electron chi connectivity index (χ1n) is 6.37. The molecular formula is C15H13F2NO2. The second-order valence-electron chi connectivity index (χ2n) is 4.84. The molecule has 104 valence electrons. The first-order valence-corrected chi connectivity index (χ1v) is 6.37. The van der Waals surface area contributed by atoms with Gasteiger partial charge in [0.2, 0.25) is 0 Å². The van der Waals surface area contributed by atoms with Gasteiger partial charge in [-0.2, -0.15) is 8.78 Å². The molecule has 0 aromatic heterocycles. The van der Waals surface area contributed by atoms with Crippen molar-refractivity contribution >= 4 is 22.4 Å². The van der Waals surface area contributed by atoms with Gasteiger partial charge in [0.25, 0.3) is 0 Å². The summed E-state index contributed by atoms with van der Waals surface area (Å²) in [6, 6.07) is 13.5. The Hall–Kier alpha value is -2.17. The number of fused-ring (bicyclic) bond motifs is 1. The normalized spacial score (nSPS) is 20.9. The van der Waals surface area contributed by atoms with Crippen molar-refractivity contribution in [2.24, 2.45) is 0 Å². The molecule has 1 aliphatic heterocycles. The zero-order valence-electron chi connectivity index (χ0n) is 10.6. The third kappa shape index (κ3) is 2.31. The Morgan fingerprint density at radius 3 is 2.70 bits per heavy atom. The van der Waals surface area contributed by atoms with Gasteiger partial charge in [-0.1, -0.05) is 36.4 Å². The van der Waals surface area contributed by atoms with Crippen LogP contribution in [0.1, 0.15) is 6.42 Å². The minimum absolute atomic E-state index is 0.176. The molecule has 2 aromatic rings. The Morgan fingerprint density at radius 2 is 1.95 bits per heavy atom. The number of ether oxygens (including phenoxy) is 1. The van der Waals surface area contributed by atoms with Crippen LogP contribution in [-0.2, 0) is 9.53 Å². The summed E-state index contributed by atoms with van der Waals surface area (Å²) in [6.45, 7) is 0.176. The number of cyclic esters (lactones) is 1. The summed E-state index contributed by atoms with van der Waals surface area (Å²) in [7, 11) is 0. The first kappa shape index (κ1) is 12.8. The molecule has 5 heteroatoms. The van der Waals surface area contributed by atoms with E-state index in [4.69, 9.17) is 0 Å². The molecule has 3 nitrogen and oxygen atoms in total. The second kappa shape index (κ2) is 4.74. The van der Waals surface area contributed by atoms with Gasteiger partial charge in [0, 0.05) is 11.1 Å². The second-order valence-corrected chi connectivity index (χ2v) is 4.84. The zero-order valence-corrected chi connectivity index (χ0v) is 10.6. The summed E-state index contributed by atoms with van der Waals surface area (Å²) >= 11 is 0. The molecule has 1 aliphatic rings. The maximum Gasteiger partial charge on any atom is 0.377 e. The Balaban J connectivity index is 1.74. The number of nitrogens with one attached hydrogen (secondary N) is 1. The Morgan fingerprint density at radius 1 is 1.20 bits per heavy atom. The molecule has 1 atom stereocenters. The highest BCUT2D eigenvalue weighted by Gasteiger charge is 2.50. The maximum absolute atomic E-state index is 13.1. The topological polar surface area (TPSA) is 38.3 Å². The third-order valence-electron chi connectivity index (χ3n) is 3.37. The fourth-order valence-corrected chi connectivity index (χ4v) is 2.37. The van der Waals surface area contributed by atoms with Crippen molar-refractivity contribution < 1.29 is 18.3 Å². The molecule has 1 heterocycles. The van der Waals surface area contributed by atoms with Crippen LogP contribution < -0.4 is 5.32 Å². The molecule has 3 rings (SSSR count). The summed E-state index contributed by atoms with van der Waals surface area (Å²) < 4.78 is 30.8. The summed E-state index contributed by atoms with van der Waals surface area (Å²) in [6.07, 6.45) is -1.36. The first-order chi connectivity index (χ1) is 9.56. The van der Waals surface area contributed by atoms with Gasteiger partial charge in [0.05, 0.1) is 13.0 Å². The number of carbonyl (C=O) groups excluding carboxylic acids is 1. The van der Waals surface area contributed by atoms with Crippen LogP contribution in [-0.4, -0.2) is 24.5 Å². The molecule has 1 N–H and O–H groups in total. The van der Waals surface area contributed by atoms with Gasteiger partial charge < -0.3 is 10.1 Å². The highest BCUT2D eigenvalue weighted by Crippen LogP contribution is 2.31. The zero-order chi connectivity index (χ0) is 14.2. The lowest BCUT2D eigenvalue weighted by molar-refractivity contribution is -0.158. The monoisotopic (exact) mass is 277 g/mol. The van der Waals surface area contributed by atoms with Crippen molar-refractivity contribution in [3.63, 3.8) is 0 Å². The quantitative estimate of drug-likeness (QED) is 0.875. The van der Waals surface area contributed by atoms with Crippen molar-refractivity contribution in [1.29, 1.82) is 0 Å². The van der Waals surface area contributed by atoms with Crippen LogP contribution in [0.15, 0.2) is 42.5 Å². The van der Waals surface area contributed by atoms with Crippen LogP contribution >= 0.6 is 0 Å². The molecule has 0 spiro atoms. The number of alkyl halides is 2. The average Bonchev–Trinajstić information content (AvgIpc) is 2.70. The van der Waals surface area contributed by atoms with Gasteiger partial charge in [0.15, 0.2) is 0 Å². The predicted molar refractivity (Wildman–Crippen MR) is 71.9 cm³/mol. The number of halogens is 2. The van der Waals surface area contributed by atoms with Gasteiger partial charge >= 0.3 is 11.9 Å². The average molecular weight is 277 g/mol. The standard InChI is InChI=1S/C15H13F2NO2/c16-15(17)8-11(20-14(15)19)9-18-13-7-3-5-10-4-1-2-6-12(10)13/h1-7,11,18H,8-9H2. The highest BCUT2D eigenvalue weighted by molar-refractivity contribution is 5.93. The van der Waals surface area contributed by atoms with E-state index < -0.39 is 24.4 Å². The molecule has 0 amide bonds. The summed E-state index contributed by atoms with van der Waals surface area (Å²) in [5.74, 6) is -4.78. The van der Waals surface area contributed by atoms with Crippen molar-refractivity contribution in [1.82, 2.24) is 0 Å². The SMILES string of the molecule is O=C1OC(CNc2cccc3ccccc23)CC1(F)F. The van der Waals surface area contributed by atoms with E-state index in [1.54, 1.807) is 0 Å². The van der Waals surface area contributed by atoms with Crippen LogP contribution in [0.5, 0.6) is 0 Å². The van der Waals surface area contributed by atoms with E-state index in [-0.39, 0.29) is 6.54 Å². The lowest BCUT2D eigenvalue weighted by Gasteiger charge is -2.13. The van der Waals surface area contributed by atoms with E-state index in [9.17, 15) is 13.6 Å². The third-order valence-corrected chi connectivity index (χ3v) is 3.37. The summed E-state index contributed by atoms with van der Waals surface area (Å²) in [4.78, 5) is 10.9. The largest absolute Gasteiger partial charge is 0.456 e. The van der Waals surface area contributed by atoms with Crippen LogP contribution in [0.4, 0.5) is 14.5 Å². The highest BCUT2D eigenvalue weighted by atomic mass is 19.3. The molecule has 1 fully saturated rings. The smallest absolute Gasteiger partial charge is 0.377 e. The van der Waals surface area contributed by atoms with Crippen LogP contribution in [0.25, 0.3) is 10.8 Å². The Labute approximate surface area is 114 Å². The van der Waals surface area contributed by atoms with Gasteiger partial charge in [-0.25, -0.2) is 4.79 Å². The Bertz CT molecular complexity index is 652. The number of hydrogen-bond donors (Lipinski definition) is 1. The van der Waals surface area contributed by atoms with Crippen LogP contribution in [0, 0.1) is 0 Å². The molecule has 0 radical (unpaired) electrons. The lowest BCUT2D eigenvalue weighted by Crippen LogP contribution is -2.22. The molecule has 1 saturated heterocycles. The number of hydrogen-bond acceptors (Lipinski definition) is 3. The molecule has 0 saturated carbocycles. The minimum Gasteiger partial charge on any atom is -0.456 e. The molecule has 0 aliphatic carbocycles. The van der Waals surface area contributed by atoms with E-state index in [1.165, 1.54) is 0 Å². The molecule has 20 heavy (non-hydrogen) atoms. The fraction of sp³-hybridized carbons (Fsp3) is 0.267. The Kier molecular flexibility index (Phi) is 3.04. The van der Waals surface area contributed by atoms with E-state index in [1.807, 2.05) is 42.5 Å². The van der Waals surface area contributed by atoms with E-state index in [2.05, 4.69) is 10.1 Å². The number of carbonyl (C=O) groups is 1. The van der Waals surface area contributed by atoms with Crippen molar-refractivity contribution in [2.75, 3.05) is 11.9 Å². The molecular weight excluding hydrogens is 264 g/mol. The molecule has 0 bridgehead atoms. The van der Waals surface area contributed by atoms with Crippen molar-refractivity contribution in [3.8, 4) is 0 Å². The summed E-state index contributed by atoms with van der Waals surface area (Å²) in [5.41, 5.74) is 0.842. The van der Waals surface area contributed by atoms with Crippen LogP contribution in [0.2, 0.25) is 0 Å². The van der Waals surface area contributed by atoms with E-state index >= 15 is 0 Å². The number of rotatable bonds is 3. The number of esters is 1. The van der Waals surface area contributed by atoms with Crippen LogP contribution in [0.3, 0.4) is 0 Å². The van der Waals surface area contributed by atoms with E-state index in [0.29, 0.717) is 0 Å². The van der Waals surface area contributed by atoms with Crippen molar-refractivity contribution in [2.45, 2.75) is 18.4 Å². The number of anilines is 1. The summed E-state index contributed by atoms with van der Waals surface area (Å²) in [5, 5.41) is 5.14. The van der Waals surface area contributed by atoms with Gasteiger partial charge in [0.1, 0.15) is 6.10 Å². The van der Waals surface area contributed by atoms with Gasteiger partial charge in [-0.15, -0.1) is 0 Å². The number of benzene rings is 2. The van der Waals surface area contributed by atoms with Gasteiger partial charge in [-0.3, -0.25) is 0 Å². The minimum atomic E-state index is -3.36. The maximum atomic E-state index is 13.1. The lowest BCUT2D eigenvalue weighted by atomic mass is 10.1. The molecule has 2 aromatic carbocycles. The molecule has 1 unspecified atom stereocenters. The predicted octanol–water partition coefficient (Wildman–Crippen LogP) is 3.20. The van der Waals surface area contributed by atoms with E-state index in [0.717, 1.165) is 16.5 Å².